The Morgan fingerprint density at radius 1 is 1.19 bits per heavy atom. The molecule has 1 aliphatic rings. The van der Waals surface area contributed by atoms with Crippen molar-refractivity contribution in [3.8, 4) is 0 Å². The maximum absolute atomic E-state index is 12.7. The smallest absolute Gasteiger partial charge is 0.227 e. The number of anilines is 2. The molecule has 0 bridgehead atoms. The minimum Gasteiger partial charge on any atom is -0.362 e. The molecule has 0 radical (unpaired) electrons. The lowest BCUT2D eigenvalue weighted by atomic mass is 10.0. The van der Waals surface area contributed by atoms with Gasteiger partial charge in [0.1, 0.15) is 5.82 Å². The Balaban J connectivity index is 1.74. The first-order chi connectivity index (χ1) is 12.5. The summed E-state index contributed by atoms with van der Waals surface area (Å²) in [6.07, 6.45) is 5.56. The van der Waals surface area contributed by atoms with E-state index in [1.54, 1.807) is 6.20 Å². The lowest BCUT2D eigenvalue weighted by molar-refractivity contribution is -0.132. The summed E-state index contributed by atoms with van der Waals surface area (Å²) < 4.78 is 0. The van der Waals surface area contributed by atoms with Crippen LogP contribution in [0, 0.1) is 0 Å². The van der Waals surface area contributed by atoms with Crippen LogP contribution in [0.5, 0.6) is 0 Å². The van der Waals surface area contributed by atoms with Crippen LogP contribution in [-0.2, 0) is 24.2 Å². The molecule has 0 aromatic carbocycles. The first-order valence-corrected chi connectivity index (χ1v) is 8.87. The molecule has 0 saturated carbocycles. The van der Waals surface area contributed by atoms with Crippen molar-refractivity contribution in [2.24, 2.45) is 0 Å². The highest BCUT2D eigenvalue weighted by Crippen LogP contribution is 2.27. The highest BCUT2D eigenvalue weighted by atomic mass is 16.2. The monoisotopic (exact) mass is 354 g/mol. The summed E-state index contributed by atoms with van der Waals surface area (Å²) in [6, 6.07) is 3.91. The average molecular weight is 354 g/mol. The van der Waals surface area contributed by atoms with Crippen molar-refractivity contribution in [2.45, 2.75) is 25.8 Å². The minimum absolute atomic E-state index is 0.163. The van der Waals surface area contributed by atoms with E-state index < -0.39 is 0 Å². The third-order valence-corrected chi connectivity index (χ3v) is 4.56. The van der Waals surface area contributed by atoms with Gasteiger partial charge in [0.15, 0.2) is 0 Å². The van der Waals surface area contributed by atoms with E-state index in [0.717, 1.165) is 29.1 Å². The summed E-state index contributed by atoms with van der Waals surface area (Å²) in [6.45, 7) is 1.26. The third-order valence-electron chi connectivity index (χ3n) is 4.56. The molecular weight excluding hydrogens is 328 g/mol. The number of hydrogen-bond acceptors (Lipinski definition) is 6. The van der Waals surface area contributed by atoms with Gasteiger partial charge in [-0.05, 0) is 24.5 Å². The molecule has 7 heteroatoms. The van der Waals surface area contributed by atoms with E-state index in [4.69, 9.17) is 4.98 Å². The van der Waals surface area contributed by atoms with E-state index in [-0.39, 0.29) is 5.91 Å². The van der Waals surface area contributed by atoms with Crippen molar-refractivity contribution in [2.75, 3.05) is 44.5 Å². The summed E-state index contributed by atoms with van der Waals surface area (Å²) in [5.74, 6) is 1.79. The fourth-order valence-corrected chi connectivity index (χ4v) is 3.14. The van der Waals surface area contributed by atoms with Gasteiger partial charge < -0.3 is 14.7 Å². The number of aromatic nitrogens is 3. The van der Waals surface area contributed by atoms with E-state index >= 15 is 0 Å². The first kappa shape index (κ1) is 18.1. The fourth-order valence-electron chi connectivity index (χ4n) is 3.14. The second-order valence-electron chi connectivity index (χ2n) is 6.99. The Kier molecular flexibility index (Phi) is 5.35. The van der Waals surface area contributed by atoms with E-state index in [9.17, 15) is 4.79 Å². The van der Waals surface area contributed by atoms with Gasteiger partial charge in [0, 0.05) is 59.1 Å². The van der Waals surface area contributed by atoms with Crippen molar-refractivity contribution in [3.63, 3.8) is 0 Å². The molecule has 3 heterocycles. The summed E-state index contributed by atoms with van der Waals surface area (Å²) in [5, 5.41) is 0. The zero-order chi connectivity index (χ0) is 18.7. The van der Waals surface area contributed by atoms with E-state index in [2.05, 4.69) is 9.97 Å². The molecule has 2 aromatic rings. The number of amides is 1. The maximum Gasteiger partial charge on any atom is 0.227 e. The molecule has 0 atom stereocenters. The Labute approximate surface area is 154 Å². The predicted octanol–water partition coefficient (Wildman–Crippen LogP) is 1.52. The molecule has 0 spiro atoms. The number of carbonyl (C=O) groups is 1. The Hall–Kier alpha value is -2.70. The first-order valence-electron chi connectivity index (χ1n) is 8.87. The van der Waals surface area contributed by atoms with Gasteiger partial charge >= 0.3 is 0 Å². The minimum atomic E-state index is 0.163. The number of hydrogen-bond donors (Lipinski definition) is 0. The number of rotatable bonds is 5. The molecule has 1 aliphatic heterocycles. The summed E-state index contributed by atoms with van der Waals surface area (Å²) >= 11 is 0. The van der Waals surface area contributed by atoms with Crippen LogP contribution < -0.4 is 9.80 Å². The van der Waals surface area contributed by atoms with E-state index in [1.165, 1.54) is 0 Å². The molecule has 3 rings (SSSR count). The highest BCUT2D eigenvalue weighted by Gasteiger charge is 2.26. The van der Waals surface area contributed by atoms with Crippen LogP contribution in [0.15, 0.2) is 24.5 Å². The molecule has 0 N–H and O–H groups in total. The Morgan fingerprint density at radius 2 is 2.00 bits per heavy atom. The SMILES string of the molecule is CN(C)c1nc2c(c(N(C)C)n1)CCN(C(=O)CCc1cccnc1)C2. The highest BCUT2D eigenvalue weighted by molar-refractivity contribution is 5.77. The van der Waals surface area contributed by atoms with Crippen molar-refractivity contribution in [3.05, 3.63) is 41.3 Å². The van der Waals surface area contributed by atoms with Gasteiger partial charge in [-0.15, -0.1) is 0 Å². The lowest BCUT2D eigenvalue weighted by Gasteiger charge is -2.31. The fraction of sp³-hybridized carbons (Fsp3) is 0.474. The largest absolute Gasteiger partial charge is 0.362 e. The van der Waals surface area contributed by atoms with Gasteiger partial charge in [0.25, 0.3) is 0 Å². The number of fused-ring (bicyclic) bond motifs is 1. The maximum atomic E-state index is 12.7. The van der Waals surface area contributed by atoms with Gasteiger partial charge in [-0.2, -0.15) is 4.98 Å². The van der Waals surface area contributed by atoms with Crippen LogP contribution in [-0.4, -0.2) is 60.5 Å². The van der Waals surface area contributed by atoms with Crippen molar-refractivity contribution in [1.29, 1.82) is 0 Å². The number of carbonyl (C=O) groups excluding carboxylic acids is 1. The second-order valence-corrected chi connectivity index (χ2v) is 6.99. The average Bonchev–Trinajstić information content (AvgIpc) is 2.65. The predicted molar refractivity (Wildman–Crippen MR) is 102 cm³/mol. The van der Waals surface area contributed by atoms with Gasteiger partial charge in [-0.1, -0.05) is 6.07 Å². The van der Waals surface area contributed by atoms with Crippen LogP contribution in [0.3, 0.4) is 0 Å². The molecule has 0 saturated heterocycles. The number of pyridine rings is 1. The Morgan fingerprint density at radius 3 is 2.65 bits per heavy atom. The van der Waals surface area contributed by atoms with Crippen LogP contribution >= 0.6 is 0 Å². The molecule has 2 aromatic heterocycles. The van der Waals surface area contributed by atoms with E-state index in [1.807, 2.05) is 61.2 Å². The molecule has 0 aliphatic carbocycles. The summed E-state index contributed by atoms with van der Waals surface area (Å²) in [5.41, 5.74) is 3.19. The summed E-state index contributed by atoms with van der Waals surface area (Å²) in [4.78, 5) is 31.9. The van der Waals surface area contributed by atoms with Crippen LogP contribution in [0.25, 0.3) is 0 Å². The molecule has 0 fully saturated rings. The van der Waals surface area contributed by atoms with Gasteiger partial charge in [-0.25, -0.2) is 4.98 Å². The molecule has 7 nitrogen and oxygen atoms in total. The molecule has 26 heavy (non-hydrogen) atoms. The van der Waals surface area contributed by atoms with E-state index in [0.29, 0.717) is 31.9 Å². The quantitative estimate of drug-likeness (QED) is 0.811. The topological polar surface area (TPSA) is 65.5 Å². The molecule has 138 valence electrons. The zero-order valence-electron chi connectivity index (χ0n) is 15.9. The lowest BCUT2D eigenvalue weighted by Crippen LogP contribution is -2.37. The third kappa shape index (κ3) is 3.92. The van der Waals surface area contributed by atoms with Crippen LogP contribution in [0.1, 0.15) is 23.2 Å². The number of nitrogens with zero attached hydrogens (tertiary/aromatic N) is 6. The zero-order valence-corrected chi connectivity index (χ0v) is 15.9. The summed E-state index contributed by atoms with van der Waals surface area (Å²) in [7, 11) is 7.85. The van der Waals surface area contributed by atoms with Gasteiger partial charge in [0.2, 0.25) is 11.9 Å². The van der Waals surface area contributed by atoms with Crippen molar-refractivity contribution >= 4 is 17.7 Å². The molecule has 1 amide bonds. The van der Waals surface area contributed by atoms with Crippen molar-refractivity contribution < 1.29 is 4.79 Å². The molecular formula is C19H26N6O. The number of aryl methyl sites for hydroxylation is 1. The van der Waals surface area contributed by atoms with Crippen LogP contribution in [0.2, 0.25) is 0 Å². The standard InChI is InChI=1S/C19H26N6O/c1-23(2)18-15-9-11-25(13-16(15)21-19(22-18)24(3)4)17(26)8-7-14-6-5-10-20-12-14/h5-6,10,12H,7-9,11,13H2,1-4H3. The second kappa shape index (κ2) is 7.68. The van der Waals surface area contributed by atoms with Crippen LogP contribution in [0.4, 0.5) is 11.8 Å². The molecule has 0 unspecified atom stereocenters. The van der Waals surface area contributed by atoms with Crippen molar-refractivity contribution in [1.82, 2.24) is 19.9 Å². The normalized spacial score (nSPS) is 13.3. The Bertz CT molecular complexity index is 775. The van der Waals surface area contributed by atoms with Gasteiger partial charge in [-0.3, -0.25) is 9.78 Å². The van der Waals surface area contributed by atoms with Gasteiger partial charge in [0.05, 0.1) is 12.2 Å².